The zero-order valence-electron chi connectivity index (χ0n) is 11.1. The zero-order valence-corrected chi connectivity index (χ0v) is 11.1. The van der Waals surface area contributed by atoms with Gasteiger partial charge in [0.15, 0.2) is 23.6 Å². The van der Waals surface area contributed by atoms with Crippen LogP contribution in [0.1, 0.15) is 34.1 Å². The molecular weight excluding hydrogens is 240 g/mol. The molecule has 0 aromatic rings. The fourth-order valence-electron chi connectivity index (χ4n) is 2.12. The van der Waals surface area contributed by atoms with Gasteiger partial charge in [-0.25, -0.2) is 0 Å². The number of hydrogen-bond donors (Lipinski definition) is 1. The van der Waals surface area contributed by atoms with Crippen molar-refractivity contribution in [2.45, 2.75) is 64.2 Å². The van der Waals surface area contributed by atoms with E-state index < -0.39 is 30.1 Å². The summed E-state index contributed by atoms with van der Waals surface area (Å²) in [5.74, 6) is -2.11. The zero-order chi connectivity index (χ0) is 13.6. The first kappa shape index (κ1) is 13.9. The van der Waals surface area contributed by atoms with E-state index in [4.69, 9.17) is 18.9 Å². The highest BCUT2D eigenvalue weighted by Crippen LogP contribution is 2.31. The predicted molar refractivity (Wildman–Crippen MR) is 60.6 cm³/mol. The summed E-state index contributed by atoms with van der Waals surface area (Å²) in [5, 5.41) is 9.53. The number of aliphatic hydroxyl groups is 1. The second-order valence-corrected chi connectivity index (χ2v) is 5.59. The molecular formula is C12H20O6. The fraction of sp³-hybridized carbons (Fsp3) is 0.917. The lowest BCUT2D eigenvalue weighted by Crippen LogP contribution is -2.36. The Kier molecular flexibility index (Phi) is 3.50. The number of ether oxygens (including phenoxy) is 4. The molecule has 18 heavy (non-hydrogen) atoms. The SMILES string of the molecule is CC(C)(O)OC1CC(=O)[C@@H](C2COC(C)(C)O2)O1. The average Bonchev–Trinajstić information content (AvgIpc) is 2.67. The van der Waals surface area contributed by atoms with Gasteiger partial charge in [-0.3, -0.25) is 4.79 Å². The molecule has 0 saturated carbocycles. The van der Waals surface area contributed by atoms with Crippen molar-refractivity contribution in [2.24, 2.45) is 0 Å². The van der Waals surface area contributed by atoms with Crippen LogP contribution in [-0.2, 0) is 23.7 Å². The summed E-state index contributed by atoms with van der Waals surface area (Å²) in [5.41, 5.74) is 0. The minimum atomic E-state index is -1.33. The quantitative estimate of drug-likeness (QED) is 0.748. The molecule has 6 heteroatoms. The molecule has 2 saturated heterocycles. The molecule has 0 radical (unpaired) electrons. The van der Waals surface area contributed by atoms with Gasteiger partial charge in [-0.1, -0.05) is 0 Å². The molecule has 2 aliphatic rings. The van der Waals surface area contributed by atoms with Gasteiger partial charge in [-0.15, -0.1) is 0 Å². The summed E-state index contributed by atoms with van der Waals surface area (Å²) < 4.78 is 21.7. The summed E-state index contributed by atoms with van der Waals surface area (Å²) in [7, 11) is 0. The standard InChI is InChI=1S/C12H20O6/c1-11(2,14)18-9-5-7(13)10(16-9)8-6-15-12(3,4)17-8/h8-10,14H,5-6H2,1-4H3/t8?,9?,10-/m0/s1. The Bertz CT molecular complexity index is 332. The molecule has 0 amide bonds. The molecule has 2 unspecified atom stereocenters. The lowest BCUT2D eigenvalue weighted by atomic mass is 10.1. The largest absolute Gasteiger partial charge is 0.366 e. The number of Topliss-reactive ketones (excluding diaryl/α,β-unsaturated/α-hetero) is 1. The normalized spacial score (nSPS) is 36.3. The van der Waals surface area contributed by atoms with Crippen molar-refractivity contribution in [1.82, 2.24) is 0 Å². The lowest BCUT2D eigenvalue weighted by Gasteiger charge is -2.24. The van der Waals surface area contributed by atoms with Crippen LogP contribution < -0.4 is 0 Å². The second-order valence-electron chi connectivity index (χ2n) is 5.59. The third-order valence-electron chi connectivity index (χ3n) is 2.77. The average molecular weight is 260 g/mol. The Balaban J connectivity index is 1.94. The van der Waals surface area contributed by atoms with Gasteiger partial charge in [0, 0.05) is 0 Å². The van der Waals surface area contributed by atoms with Crippen LogP contribution in [0.5, 0.6) is 0 Å². The summed E-state index contributed by atoms with van der Waals surface area (Å²) in [6.45, 7) is 6.88. The first-order valence-electron chi connectivity index (χ1n) is 6.06. The van der Waals surface area contributed by atoms with Crippen LogP contribution in [0.3, 0.4) is 0 Å². The lowest BCUT2D eigenvalue weighted by molar-refractivity contribution is -0.274. The second kappa shape index (κ2) is 4.54. The van der Waals surface area contributed by atoms with Crippen LogP contribution in [0.4, 0.5) is 0 Å². The van der Waals surface area contributed by atoms with Crippen LogP contribution >= 0.6 is 0 Å². The van der Waals surface area contributed by atoms with Crippen LogP contribution in [0.25, 0.3) is 0 Å². The minimum absolute atomic E-state index is 0.0875. The Morgan fingerprint density at radius 2 is 2.11 bits per heavy atom. The topological polar surface area (TPSA) is 74.2 Å². The van der Waals surface area contributed by atoms with Crippen molar-refractivity contribution in [3.8, 4) is 0 Å². The maximum Gasteiger partial charge on any atom is 0.169 e. The molecule has 0 aromatic heterocycles. The molecule has 104 valence electrons. The fourth-order valence-corrected chi connectivity index (χ4v) is 2.12. The van der Waals surface area contributed by atoms with Gasteiger partial charge in [0.2, 0.25) is 0 Å². The molecule has 2 rings (SSSR count). The summed E-state index contributed by atoms with van der Waals surface area (Å²) in [4.78, 5) is 11.8. The molecule has 0 aliphatic carbocycles. The van der Waals surface area contributed by atoms with Crippen LogP contribution in [-0.4, -0.2) is 47.6 Å². The number of rotatable bonds is 3. The van der Waals surface area contributed by atoms with E-state index in [9.17, 15) is 9.90 Å². The summed E-state index contributed by atoms with van der Waals surface area (Å²) in [6.07, 6.45) is -1.70. The van der Waals surface area contributed by atoms with Gasteiger partial charge in [0.05, 0.1) is 13.0 Å². The first-order chi connectivity index (χ1) is 8.16. The molecule has 0 aromatic carbocycles. The number of ketones is 1. The summed E-state index contributed by atoms with van der Waals surface area (Å²) >= 11 is 0. The Hall–Kier alpha value is -0.530. The van der Waals surface area contributed by atoms with Gasteiger partial charge >= 0.3 is 0 Å². The highest BCUT2D eigenvalue weighted by Gasteiger charge is 2.46. The van der Waals surface area contributed by atoms with E-state index >= 15 is 0 Å². The monoisotopic (exact) mass is 260 g/mol. The van der Waals surface area contributed by atoms with Gasteiger partial charge in [0.25, 0.3) is 0 Å². The molecule has 3 atom stereocenters. The van der Waals surface area contributed by atoms with Gasteiger partial charge in [-0.2, -0.15) is 0 Å². The molecule has 2 aliphatic heterocycles. The highest BCUT2D eigenvalue weighted by molar-refractivity contribution is 5.85. The Morgan fingerprint density at radius 1 is 1.44 bits per heavy atom. The van der Waals surface area contributed by atoms with Gasteiger partial charge < -0.3 is 24.1 Å². The summed E-state index contributed by atoms with van der Waals surface area (Å²) in [6, 6.07) is 0. The molecule has 6 nitrogen and oxygen atoms in total. The van der Waals surface area contributed by atoms with E-state index in [0.29, 0.717) is 6.61 Å². The van der Waals surface area contributed by atoms with E-state index in [1.54, 1.807) is 13.8 Å². The highest BCUT2D eigenvalue weighted by atomic mass is 16.8. The van der Waals surface area contributed by atoms with Crippen molar-refractivity contribution in [3.63, 3.8) is 0 Å². The van der Waals surface area contributed by atoms with Crippen LogP contribution in [0, 0.1) is 0 Å². The predicted octanol–water partition coefficient (Wildman–Crippen LogP) is 0.567. The van der Waals surface area contributed by atoms with Crippen molar-refractivity contribution in [3.05, 3.63) is 0 Å². The van der Waals surface area contributed by atoms with Crippen molar-refractivity contribution < 1.29 is 28.8 Å². The third-order valence-corrected chi connectivity index (χ3v) is 2.77. The van der Waals surface area contributed by atoms with Crippen molar-refractivity contribution in [2.75, 3.05) is 6.61 Å². The van der Waals surface area contributed by atoms with E-state index in [1.165, 1.54) is 13.8 Å². The van der Waals surface area contributed by atoms with Crippen LogP contribution in [0.2, 0.25) is 0 Å². The molecule has 0 bridgehead atoms. The number of hydrogen-bond acceptors (Lipinski definition) is 6. The smallest absolute Gasteiger partial charge is 0.169 e. The van der Waals surface area contributed by atoms with E-state index in [2.05, 4.69) is 0 Å². The Morgan fingerprint density at radius 3 is 2.61 bits per heavy atom. The van der Waals surface area contributed by atoms with Gasteiger partial charge in [0.1, 0.15) is 12.2 Å². The van der Waals surface area contributed by atoms with Crippen molar-refractivity contribution >= 4 is 5.78 Å². The number of carbonyl (C=O) groups is 1. The molecule has 1 N–H and O–H groups in total. The maximum absolute atomic E-state index is 11.8. The van der Waals surface area contributed by atoms with Crippen LogP contribution in [0.15, 0.2) is 0 Å². The van der Waals surface area contributed by atoms with Crippen molar-refractivity contribution in [1.29, 1.82) is 0 Å². The molecule has 2 heterocycles. The minimum Gasteiger partial charge on any atom is -0.366 e. The number of carbonyl (C=O) groups excluding carboxylic acids is 1. The first-order valence-corrected chi connectivity index (χ1v) is 6.06. The van der Waals surface area contributed by atoms with Gasteiger partial charge in [-0.05, 0) is 27.7 Å². The van der Waals surface area contributed by atoms with E-state index in [-0.39, 0.29) is 12.2 Å². The Labute approximate surface area is 106 Å². The van der Waals surface area contributed by atoms with E-state index in [0.717, 1.165) is 0 Å². The molecule has 0 spiro atoms. The maximum atomic E-state index is 11.8. The third kappa shape index (κ3) is 3.27. The molecule has 2 fully saturated rings. The van der Waals surface area contributed by atoms with E-state index in [1.807, 2.05) is 0 Å².